The highest BCUT2D eigenvalue weighted by molar-refractivity contribution is 6.75. The fourth-order valence-corrected chi connectivity index (χ4v) is 12.9. The fourth-order valence-electron chi connectivity index (χ4n) is 12.8. The molecule has 86 heavy (non-hydrogen) atoms. The Morgan fingerprint density at radius 1 is 0.942 bits per heavy atom. The van der Waals surface area contributed by atoms with Gasteiger partial charge >= 0.3 is 17.9 Å². The highest BCUT2D eigenvalue weighted by atomic mass is 35.6. The second-order valence-corrected chi connectivity index (χ2v) is 27.3. The average Bonchev–Trinajstić information content (AvgIpc) is 0.797. The molecular weight excluding hydrogens is 1170 g/mol. The molecule has 0 saturated carbocycles. The number of Topliss-reactive ketones (excluding diaryl/α,β-unsaturated/α-hetero) is 1. The standard InChI is InChI=1S/C64H88Cl3N5O14/c1-12-44-31-38(6)63(70-56(44)75)41(9)54(74)39(7)52(85-63)34-51(83-61(80)64(65,66)67)37(5)22-16-13-15-21-36(4)49-26-17-14-18-27-50-40(8)55-46(28-29-62(11,84-50)86-55)57(76)69-53(35(2)3)58(77)68-48(33-43-23-19-24-45(32-43)81-42(10)73)59(78)72-30-20-25-47(71-72)60(79)82-49/h13-15,17-19,21,23-24,27,32,35,37-41,44,46-53,55,71H,12,16,20,22,25-26,28-31,33-34H2,1-11H3,(H,68,77)(H,69,76)(H,70,75)/b15-13+,17-14+,27-18-,36-21+/t37-,38-,39-,40-,41-,44-,46+,47-,48-,49-,50-,51-,52-,53-,55+,62+,63+/m0/s1. The number of hydrazine groups is 1. The number of ketones is 1. The molecule has 6 aliphatic rings. The van der Waals surface area contributed by atoms with Crippen LogP contribution >= 0.6 is 34.8 Å². The Balaban J connectivity index is 1.12. The molecule has 0 aromatic heterocycles. The molecule has 4 N–H and O–H groups in total. The van der Waals surface area contributed by atoms with Gasteiger partial charge in [-0.05, 0) is 93.9 Å². The van der Waals surface area contributed by atoms with Gasteiger partial charge in [0.25, 0.3) is 9.70 Å². The van der Waals surface area contributed by atoms with E-state index in [1.165, 1.54) is 11.9 Å². The van der Waals surface area contributed by atoms with Crippen molar-refractivity contribution in [1.82, 2.24) is 26.4 Å². The Labute approximate surface area is 521 Å². The molecule has 7 rings (SSSR count). The first-order valence-corrected chi connectivity index (χ1v) is 31.7. The number of hydrogen-bond donors (Lipinski definition) is 4. The van der Waals surface area contributed by atoms with Gasteiger partial charge < -0.3 is 44.4 Å². The molecule has 5 saturated heterocycles. The molecule has 5 bridgehead atoms. The fraction of sp³-hybridized carbons (Fsp3) is 0.656. The number of carbonyl (C=O) groups excluding carboxylic acids is 8. The summed E-state index contributed by atoms with van der Waals surface area (Å²) in [5.41, 5.74) is 3.14. The van der Waals surface area contributed by atoms with Crippen LogP contribution in [0.25, 0.3) is 0 Å². The topological polar surface area (TPSA) is 243 Å². The second kappa shape index (κ2) is 29.4. The smallest absolute Gasteiger partial charge is 0.358 e. The molecule has 1 spiro atoms. The van der Waals surface area contributed by atoms with Gasteiger partial charge in [-0.25, -0.2) is 10.2 Å². The van der Waals surface area contributed by atoms with Crippen LogP contribution in [-0.2, 0) is 68.5 Å². The molecule has 1 aromatic carbocycles. The summed E-state index contributed by atoms with van der Waals surface area (Å²) in [7, 11) is 0. The lowest BCUT2D eigenvalue weighted by Crippen LogP contribution is -2.70. The summed E-state index contributed by atoms with van der Waals surface area (Å²) in [6.07, 6.45) is 14.1. The highest BCUT2D eigenvalue weighted by Gasteiger charge is 2.58. The van der Waals surface area contributed by atoms with Gasteiger partial charge in [0.1, 0.15) is 41.9 Å². The van der Waals surface area contributed by atoms with Crippen LogP contribution in [0, 0.1) is 47.3 Å². The molecule has 4 amide bonds. The Bertz CT molecular complexity index is 2790. The van der Waals surface area contributed by atoms with Gasteiger partial charge in [0.15, 0.2) is 11.5 Å². The molecule has 5 fully saturated rings. The first-order valence-electron chi connectivity index (χ1n) is 30.5. The molecule has 0 radical (unpaired) electrons. The number of rotatable bonds is 14. The van der Waals surface area contributed by atoms with Gasteiger partial charge in [-0.15, -0.1) is 0 Å². The molecule has 1 aromatic rings. The van der Waals surface area contributed by atoms with Gasteiger partial charge in [0.2, 0.25) is 17.7 Å². The van der Waals surface area contributed by atoms with Gasteiger partial charge in [0.05, 0.1) is 30.1 Å². The summed E-state index contributed by atoms with van der Waals surface area (Å²) in [6.45, 7) is 20.2. The number of allylic oxidation sites excluding steroid dienone is 5. The number of cyclic esters (lactones) is 1. The number of fused-ring (bicyclic) bond motifs is 4. The third kappa shape index (κ3) is 16.8. The van der Waals surface area contributed by atoms with Crippen LogP contribution in [0.5, 0.6) is 5.75 Å². The second-order valence-electron chi connectivity index (χ2n) is 25.0. The SMILES string of the molecule is CC[C@H]1C[C@H](C)[C@@]2(NC1=O)O[C@@H](C[C@H](OC(=O)C(Cl)(Cl)Cl)[C@@H](C)CC/C=C/C=C(\C)[C@@H]1C/C=C/C=C\[C@@H]3O[C@@]4(C)CC[C@@H](C(=O)N[C@@H](C(C)C)C(=O)N[C@@H](Cc5cccc(OC(C)=O)c5)C(=O)N5CCC[C@H](N5)C(=O)O1)[C@H](O4)[C@H]3C)[C@H](C)C(=O)[C@@H]2C. The number of benzene rings is 1. The van der Waals surface area contributed by atoms with E-state index in [1.807, 2.05) is 97.9 Å². The van der Waals surface area contributed by atoms with Crippen molar-refractivity contribution in [3.63, 3.8) is 0 Å². The normalized spacial score (nSPS) is 34.9. The number of amides is 4. The minimum absolute atomic E-state index is 0.0252. The van der Waals surface area contributed by atoms with E-state index in [0.717, 1.165) is 0 Å². The van der Waals surface area contributed by atoms with Crippen molar-refractivity contribution in [1.29, 1.82) is 0 Å². The number of nitrogens with zero attached hydrogens (tertiary/aromatic N) is 1. The third-order valence-electron chi connectivity index (χ3n) is 18.2. The predicted molar refractivity (Wildman–Crippen MR) is 324 cm³/mol. The van der Waals surface area contributed by atoms with E-state index in [2.05, 4.69) is 21.4 Å². The maximum absolute atomic E-state index is 14.8. The van der Waals surface area contributed by atoms with Gasteiger partial charge in [-0.3, -0.25) is 38.6 Å². The summed E-state index contributed by atoms with van der Waals surface area (Å²) < 4.78 is 35.0. The minimum atomic E-state index is -2.37. The molecule has 0 unspecified atom stereocenters. The van der Waals surface area contributed by atoms with E-state index in [9.17, 15) is 38.4 Å². The number of hydrogen-bond acceptors (Lipinski definition) is 15. The zero-order chi connectivity index (χ0) is 63.0. The van der Waals surface area contributed by atoms with E-state index in [1.54, 1.807) is 38.1 Å². The molecule has 22 heteroatoms. The van der Waals surface area contributed by atoms with Crippen LogP contribution in [0.4, 0.5) is 0 Å². The molecule has 6 aliphatic heterocycles. The summed E-state index contributed by atoms with van der Waals surface area (Å²) in [6, 6.07) is 3.47. The Morgan fingerprint density at radius 3 is 2.38 bits per heavy atom. The number of halogens is 3. The monoisotopic (exact) mass is 1260 g/mol. The summed E-state index contributed by atoms with van der Waals surface area (Å²) in [5, 5.41) is 10.4. The van der Waals surface area contributed by atoms with Crippen LogP contribution in [0.1, 0.15) is 146 Å². The van der Waals surface area contributed by atoms with E-state index in [-0.39, 0.29) is 72.8 Å². The summed E-state index contributed by atoms with van der Waals surface area (Å²) >= 11 is 18.1. The Kier molecular flexibility index (Phi) is 23.4. The maximum atomic E-state index is 14.8. The van der Waals surface area contributed by atoms with Crippen molar-refractivity contribution >= 4 is 82.1 Å². The third-order valence-corrected chi connectivity index (χ3v) is 18.6. The predicted octanol–water partition coefficient (Wildman–Crippen LogP) is 8.96. The lowest BCUT2D eigenvalue weighted by Gasteiger charge is -2.54. The number of esters is 3. The first kappa shape index (κ1) is 68.3. The van der Waals surface area contributed by atoms with E-state index in [4.69, 9.17) is 63.2 Å². The van der Waals surface area contributed by atoms with Crippen molar-refractivity contribution in [3.05, 3.63) is 77.9 Å². The van der Waals surface area contributed by atoms with Crippen molar-refractivity contribution in [2.24, 2.45) is 47.3 Å². The van der Waals surface area contributed by atoms with E-state index in [0.29, 0.717) is 62.5 Å². The molecule has 474 valence electrons. The number of nitrogens with one attached hydrogen (secondary N) is 4. The zero-order valence-corrected chi connectivity index (χ0v) is 53.6. The molecule has 0 aliphatic carbocycles. The van der Waals surface area contributed by atoms with E-state index < -0.39 is 117 Å². The first-order chi connectivity index (χ1) is 40.5. The largest absolute Gasteiger partial charge is 0.459 e. The highest BCUT2D eigenvalue weighted by Crippen LogP contribution is 2.46. The Morgan fingerprint density at radius 2 is 1.69 bits per heavy atom. The van der Waals surface area contributed by atoms with Crippen molar-refractivity contribution in [3.8, 4) is 5.75 Å². The average molecular weight is 1260 g/mol. The lowest BCUT2D eigenvalue weighted by atomic mass is 9.70. The summed E-state index contributed by atoms with van der Waals surface area (Å²) in [5.74, 6) is -7.75. The number of ether oxygens (including phenoxy) is 6. The van der Waals surface area contributed by atoms with Crippen LogP contribution in [0.3, 0.4) is 0 Å². The minimum Gasteiger partial charge on any atom is -0.459 e. The van der Waals surface area contributed by atoms with Gasteiger partial charge in [-0.2, -0.15) is 0 Å². The van der Waals surface area contributed by atoms with Gasteiger partial charge in [-0.1, -0.05) is 145 Å². The van der Waals surface area contributed by atoms with Crippen LogP contribution < -0.4 is 26.1 Å². The zero-order valence-electron chi connectivity index (χ0n) is 51.4. The number of carbonyl (C=O) groups is 8. The number of piperidine rings is 1. The molecular formula is C64H88Cl3N5O14. The quantitative estimate of drug-likeness (QED) is 0.0588. The van der Waals surface area contributed by atoms with Gasteiger partial charge in [0, 0.05) is 62.8 Å². The molecule has 6 heterocycles. The lowest BCUT2D eigenvalue weighted by molar-refractivity contribution is -0.344. The van der Waals surface area contributed by atoms with Crippen LogP contribution in [0.2, 0.25) is 0 Å². The molecule has 19 nitrogen and oxygen atoms in total. The maximum Gasteiger partial charge on any atom is 0.358 e. The molecule has 17 atom stereocenters. The van der Waals surface area contributed by atoms with Crippen LogP contribution in [-0.4, -0.2) is 123 Å². The van der Waals surface area contributed by atoms with Crippen LogP contribution in [0.15, 0.2) is 72.4 Å². The van der Waals surface area contributed by atoms with Crippen molar-refractivity contribution in [2.75, 3.05) is 6.54 Å². The summed E-state index contributed by atoms with van der Waals surface area (Å²) in [4.78, 5) is 110. The number of alkyl halides is 3. The van der Waals surface area contributed by atoms with E-state index >= 15 is 0 Å². The van der Waals surface area contributed by atoms with Crippen molar-refractivity contribution < 1.29 is 66.8 Å². The Hall–Kier alpha value is -5.15. The van der Waals surface area contributed by atoms with Crippen molar-refractivity contribution in [2.45, 2.75) is 211 Å².